The number of carboxylic acids is 1. The van der Waals surface area contributed by atoms with E-state index in [2.05, 4.69) is 4.84 Å². The van der Waals surface area contributed by atoms with Crippen LogP contribution in [0.1, 0.15) is 10.4 Å². The summed E-state index contributed by atoms with van der Waals surface area (Å²) in [6.45, 7) is -0.660. The number of nitrogens with one attached hydrogen (secondary N) is 1. The molecule has 0 aliphatic carbocycles. The van der Waals surface area contributed by atoms with Gasteiger partial charge in [-0.1, -0.05) is 0 Å². The summed E-state index contributed by atoms with van der Waals surface area (Å²) in [5.74, 6) is -1.88. The van der Waals surface area contributed by atoms with E-state index in [1.54, 1.807) is 0 Å². The molecule has 0 saturated carbocycles. The molecule has 0 fully saturated rings. The van der Waals surface area contributed by atoms with Gasteiger partial charge in [0.05, 0.1) is 4.90 Å². The molecule has 98 valence electrons. The monoisotopic (exact) mass is 273 g/mol. The number of amides is 1. The highest BCUT2D eigenvalue weighted by atomic mass is 32.2. The minimum absolute atomic E-state index is 0.0884. The van der Waals surface area contributed by atoms with Gasteiger partial charge in [0, 0.05) is 11.8 Å². The zero-order chi connectivity index (χ0) is 13.8. The summed E-state index contributed by atoms with van der Waals surface area (Å²) in [6, 6.07) is 5.16. The van der Waals surface area contributed by atoms with Gasteiger partial charge in [0.25, 0.3) is 5.91 Å². The number of rotatable bonds is 5. The quantitative estimate of drug-likeness (QED) is 0.721. The molecular formula is C10H11NO6S. The molecule has 2 N–H and O–H groups in total. The van der Waals surface area contributed by atoms with Gasteiger partial charge in [-0.05, 0) is 24.3 Å². The average molecular weight is 273 g/mol. The fourth-order valence-electron chi connectivity index (χ4n) is 1.08. The van der Waals surface area contributed by atoms with Crippen LogP contribution in [0.3, 0.4) is 0 Å². The van der Waals surface area contributed by atoms with Crippen LogP contribution in [0.4, 0.5) is 0 Å². The van der Waals surface area contributed by atoms with E-state index in [0.717, 1.165) is 6.26 Å². The van der Waals surface area contributed by atoms with E-state index in [9.17, 15) is 18.0 Å². The van der Waals surface area contributed by atoms with Crippen molar-refractivity contribution < 1.29 is 28.0 Å². The summed E-state index contributed by atoms with van der Waals surface area (Å²) in [5.41, 5.74) is 2.08. The SMILES string of the molecule is CS(=O)(=O)c1ccc(C(=O)NOCC(=O)O)cc1. The predicted molar refractivity (Wildman–Crippen MR) is 60.6 cm³/mol. The number of benzene rings is 1. The first kappa shape index (κ1) is 14.1. The van der Waals surface area contributed by atoms with Gasteiger partial charge in [-0.15, -0.1) is 0 Å². The molecule has 1 rings (SSSR count). The second-order valence-corrected chi connectivity index (χ2v) is 5.43. The molecule has 18 heavy (non-hydrogen) atoms. The number of hydroxylamine groups is 1. The Morgan fingerprint density at radius 3 is 2.28 bits per heavy atom. The van der Waals surface area contributed by atoms with Gasteiger partial charge < -0.3 is 5.11 Å². The van der Waals surface area contributed by atoms with E-state index >= 15 is 0 Å². The molecule has 0 aliphatic heterocycles. The van der Waals surface area contributed by atoms with Gasteiger partial charge in [-0.3, -0.25) is 9.63 Å². The zero-order valence-electron chi connectivity index (χ0n) is 9.41. The Hall–Kier alpha value is -1.93. The lowest BCUT2D eigenvalue weighted by molar-refractivity contribution is -0.144. The lowest BCUT2D eigenvalue weighted by Gasteiger charge is -2.04. The van der Waals surface area contributed by atoms with Crippen molar-refractivity contribution in [2.45, 2.75) is 4.90 Å². The van der Waals surface area contributed by atoms with Crippen molar-refractivity contribution in [2.24, 2.45) is 0 Å². The number of carboxylic acid groups (broad SMARTS) is 1. The maximum absolute atomic E-state index is 11.4. The molecule has 8 heteroatoms. The summed E-state index contributed by atoms with van der Waals surface area (Å²) in [5, 5.41) is 8.28. The first-order chi connectivity index (χ1) is 8.30. The predicted octanol–water partition coefficient (Wildman–Crippen LogP) is -0.164. The summed E-state index contributed by atoms with van der Waals surface area (Å²) in [7, 11) is -3.31. The number of hydrogen-bond donors (Lipinski definition) is 2. The van der Waals surface area contributed by atoms with Crippen LogP contribution in [-0.2, 0) is 19.5 Å². The molecule has 0 atom stereocenters. The number of carbonyl (C=O) groups is 2. The summed E-state index contributed by atoms with van der Waals surface area (Å²) < 4.78 is 22.3. The van der Waals surface area contributed by atoms with Crippen molar-refractivity contribution >= 4 is 21.7 Å². The molecule has 0 radical (unpaired) electrons. The van der Waals surface area contributed by atoms with E-state index in [4.69, 9.17) is 5.11 Å². The molecule has 0 saturated heterocycles. The molecule has 0 heterocycles. The summed E-state index contributed by atoms with van der Waals surface area (Å²) in [6.07, 6.45) is 1.05. The van der Waals surface area contributed by atoms with Crippen molar-refractivity contribution in [1.82, 2.24) is 5.48 Å². The van der Waals surface area contributed by atoms with E-state index in [-0.39, 0.29) is 10.5 Å². The third-order valence-electron chi connectivity index (χ3n) is 1.91. The second-order valence-electron chi connectivity index (χ2n) is 3.41. The van der Waals surface area contributed by atoms with E-state index in [0.29, 0.717) is 0 Å². The van der Waals surface area contributed by atoms with E-state index in [1.165, 1.54) is 24.3 Å². The third kappa shape index (κ3) is 4.15. The highest BCUT2D eigenvalue weighted by Crippen LogP contribution is 2.10. The Kier molecular flexibility index (Phi) is 4.40. The van der Waals surface area contributed by atoms with Crippen LogP contribution in [0.5, 0.6) is 0 Å². The highest BCUT2D eigenvalue weighted by Gasteiger charge is 2.10. The number of sulfone groups is 1. The van der Waals surface area contributed by atoms with Gasteiger partial charge in [-0.25, -0.2) is 18.7 Å². The number of carbonyl (C=O) groups excluding carboxylic acids is 1. The number of aliphatic carboxylic acids is 1. The highest BCUT2D eigenvalue weighted by molar-refractivity contribution is 7.90. The smallest absolute Gasteiger partial charge is 0.332 e. The molecule has 1 amide bonds. The fourth-order valence-corrected chi connectivity index (χ4v) is 1.71. The van der Waals surface area contributed by atoms with Crippen LogP contribution in [0.25, 0.3) is 0 Å². The molecule has 0 spiro atoms. The van der Waals surface area contributed by atoms with Crippen LogP contribution in [-0.4, -0.2) is 38.3 Å². The van der Waals surface area contributed by atoms with Crippen molar-refractivity contribution in [2.75, 3.05) is 12.9 Å². The van der Waals surface area contributed by atoms with Gasteiger partial charge in [0.2, 0.25) is 0 Å². The molecule has 0 unspecified atom stereocenters. The maximum Gasteiger partial charge on any atom is 0.332 e. The van der Waals surface area contributed by atoms with Crippen LogP contribution in [0, 0.1) is 0 Å². The van der Waals surface area contributed by atoms with Crippen LogP contribution in [0.2, 0.25) is 0 Å². The first-order valence-corrected chi connectivity index (χ1v) is 6.64. The molecule has 1 aromatic rings. The van der Waals surface area contributed by atoms with Gasteiger partial charge >= 0.3 is 5.97 Å². The Labute approximate surface area is 103 Å². The first-order valence-electron chi connectivity index (χ1n) is 4.75. The Balaban J connectivity index is 2.68. The molecule has 7 nitrogen and oxygen atoms in total. The maximum atomic E-state index is 11.4. The second kappa shape index (κ2) is 5.61. The largest absolute Gasteiger partial charge is 0.479 e. The Morgan fingerprint density at radius 2 is 1.83 bits per heavy atom. The average Bonchev–Trinajstić information content (AvgIpc) is 2.27. The standard InChI is InChI=1S/C10H11NO6S/c1-18(15,16)8-4-2-7(3-5-8)10(14)11-17-6-9(12)13/h2-5H,6H2,1H3,(H,11,14)(H,12,13). The summed E-state index contributed by atoms with van der Waals surface area (Å²) in [4.78, 5) is 26.0. The number of hydrogen-bond acceptors (Lipinski definition) is 5. The third-order valence-corrected chi connectivity index (χ3v) is 3.03. The molecule has 0 bridgehead atoms. The van der Waals surface area contributed by atoms with E-state index < -0.39 is 28.3 Å². The molecule has 0 aliphatic rings. The van der Waals surface area contributed by atoms with Crippen LogP contribution in [0.15, 0.2) is 29.2 Å². The van der Waals surface area contributed by atoms with Crippen LogP contribution >= 0.6 is 0 Å². The van der Waals surface area contributed by atoms with Crippen molar-refractivity contribution in [1.29, 1.82) is 0 Å². The fraction of sp³-hybridized carbons (Fsp3) is 0.200. The minimum Gasteiger partial charge on any atom is -0.479 e. The molecular weight excluding hydrogens is 262 g/mol. The van der Waals surface area contributed by atoms with Gasteiger partial charge in [0.15, 0.2) is 16.4 Å². The summed E-state index contributed by atoms with van der Waals surface area (Å²) >= 11 is 0. The van der Waals surface area contributed by atoms with Crippen LogP contribution < -0.4 is 5.48 Å². The van der Waals surface area contributed by atoms with Crippen molar-refractivity contribution in [3.8, 4) is 0 Å². The Morgan fingerprint density at radius 1 is 1.28 bits per heavy atom. The lowest BCUT2D eigenvalue weighted by Crippen LogP contribution is -2.26. The van der Waals surface area contributed by atoms with Gasteiger partial charge in [0.1, 0.15) is 0 Å². The minimum atomic E-state index is -3.31. The van der Waals surface area contributed by atoms with Crippen molar-refractivity contribution in [3.63, 3.8) is 0 Å². The van der Waals surface area contributed by atoms with Gasteiger partial charge in [-0.2, -0.15) is 0 Å². The Bertz CT molecular complexity index is 548. The normalized spacial score (nSPS) is 10.9. The lowest BCUT2D eigenvalue weighted by atomic mass is 10.2. The molecule has 1 aromatic carbocycles. The van der Waals surface area contributed by atoms with Crippen molar-refractivity contribution in [3.05, 3.63) is 29.8 Å². The van der Waals surface area contributed by atoms with E-state index in [1.807, 2.05) is 5.48 Å². The topological polar surface area (TPSA) is 110 Å². The molecule has 0 aromatic heterocycles. The zero-order valence-corrected chi connectivity index (χ0v) is 10.2.